The first-order chi connectivity index (χ1) is 11.8. The highest BCUT2D eigenvalue weighted by Crippen LogP contribution is 2.09. The van der Waals surface area contributed by atoms with E-state index < -0.39 is 0 Å². The van der Waals surface area contributed by atoms with E-state index in [2.05, 4.69) is 29.0 Å². The highest BCUT2D eigenvalue weighted by molar-refractivity contribution is 5.68. The van der Waals surface area contributed by atoms with E-state index in [4.69, 9.17) is 5.11 Å². The molecule has 3 nitrogen and oxygen atoms in total. The molecule has 0 aliphatic rings. The first-order valence-electron chi connectivity index (χ1n) is 9.79. The second-order valence-electron chi connectivity index (χ2n) is 6.33. The van der Waals surface area contributed by atoms with E-state index in [1.165, 1.54) is 52.1 Å². The molecule has 0 spiro atoms. The molecule has 0 aromatic heterocycles. The normalized spacial score (nSPS) is 11.6. The summed E-state index contributed by atoms with van der Waals surface area (Å²) < 4.78 is 4.61. The zero-order valence-corrected chi connectivity index (χ0v) is 15.7. The Morgan fingerprint density at radius 3 is 1.58 bits per heavy atom. The zero-order chi connectivity index (χ0) is 17.7. The monoisotopic (exact) mass is 338 g/mol. The Kier molecular flexibility index (Phi) is 19.0. The van der Waals surface area contributed by atoms with Gasteiger partial charge in [0.25, 0.3) is 0 Å². The molecule has 24 heavy (non-hydrogen) atoms. The summed E-state index contributed by atoms with van der Waals surface area (Å²) in [6, 6.07) is 0. The molecule has 1 N–H and O–H groups in total. The topological polar surface area (TPSA) is 46.5 Å². The first-order valence-corrected chi connectivity index (χ1v) is 9.79. The molecule has 0 aliphatic heterocycles. The van der Waals surface area contributed by atoms with Crippen molar-refractivity contribution >= 4 is 5.97 Å². The van der Waals surface area contributed by atoms with Gasteiger partial charge in [-0.05, 0) is 57.8 Å². The minimum atomic E-state index is -0.111. The second-order valence-corrected chi connectivity index (χ2v) is 6.33. The highest BCUT2D eigenvalue weighted by atomic mass is 16.5. The summed E-state index contributed by atoms with van der Waals surface area (Å²) in [6.45, 7) is 0.328. The third kappa shape index (κ3) is 19.0. The summed E-state index contributed by atoms with van der Waals surface area (Å²) >= 11 is 0. The van der Waals surface area contributed by atoms with Crippen molar-refractivity contribution in [2.75, 3.05) is 13.7 Å². The third-order valence-electron chi connectivity index (χ3n) is 4.08. The van der Waals surface area contributed by atoms with Crippen LogP contribution in [0.3, 0.4) is 0 Å². The Hall–Kier alpha value is -1.09. The molecule has 0 saturated heterocycles. The molecule has 0 fully saturated rings. The van der Waals surface area contributed by atoms with Gasteiger partial charge in [-0.3, -0.25) is 4.79 Å². The fourth-order valence-electron chi connectivity index (χ4n) is 2.54. The van der Waals surface area contributed by atoms with Gasteiger partial charge in [0.1, 0.15) is 0 Å². The van der Waals surface area contributed by atoms with E-state index in [-0.39, 0.29) is 5.97 Å². The van der Waals surface area contributed by atoms with E-state index in [9.17, 15) is 4.79 Å². The van der Waals surface area contributed by atoms with E-state index in [0.29, 0.717) is 13.0 Å². The number of allylic oxidation sites excluding steroid dienone is 4. The van der Waals surface area contributed by atoms with Crippen molar-refractivity contribution in [2.24, 2.45) is 0 Å². The lowest BCUT2D eigenvalue weighted by atomic mass is 10.1. The summed E-state index contributed by atoms with van der Waals surface area (Å²) in [5.74, 6) is -0.111. The molecule has 0 rings (SSSR count). The van der Waals surface area contributed by atoms with Crippen LogP contribution in [0.4, 0.5) is 0 Å². The van der Waals surface area contributed by atoms with Crippen LogP contribution in [0.1, 0.15) is 89.9 Å². The SMILES string of the molecule is COC(=O)CCC/C=C\CCCCCCC/C=C\CCCCCO. The van der Waals surface area contributed by atoms with Crippen LogP contribution in [0.25, 0.3) is 0 Å². The largest absolute Gasteiger partial charge is 0.469 e. The molecule has 140 valence electrons. The molecule has 0 aromatic rings. The van der Waals surface area contributed by atoms with Gasteiger partial charge in [0, 0.05) is 13.0 Å². The second kappa shape index (κ2) is 20.0. The Balaban J connectivity index is 3.17. The van der Waals surface area contributed by atoms with Crippen molar-refractivity contribution in [1.82, 2.24) is 0 Å². The van der Waals surface area contributed by atoms with Gasteiger partial charge in [-0.15, -0.1) is 0 Å². The average molecular weight is 339 g/mol. The molecular weight excluding hydrogens is 300 g/mol. The number of aliphatic hydroxyl groups is 1. The summed E-state index contributed by atoms with van der Waals surface area (Å²) in [6.07, 6.45) is 24.8. The van der Waals surface area contributed by atoms with Gasteiger partial charge in [0.2, 0.25) is 0 Å². The number of rotatable bonds is 17. The predicted octanol–water partition coefficient (Wildman–Crippen LogP) is 5.73. The Morgan fingerprint density at radius 2 is 1.12 bits per heavy atom. The molecule has 0 saturated carbocycles. The van der Waals surface area contributed by atoms with E-state index in [1.54, 1.807) is 0 Å². The number of esters is 1. The third-order valence-corrected chi connectivity index (χ3v) is 4.08. The van der Waals surface area contributed by atoms with Crippen LogP contribution in [0.2, 0.25) is 0 Å². The summed E-state index contributed by atoms with van der Waals surface area (Å²) in [5.41, 5.74) is 0. The summed E-state index contributed by atoms with van der Waals surface area (Å²) in [7, 11) is 1.44. The van der Waals surface area contributed by atoms with Gasteiger partial charge < -0.3 is 9.84 Å². The predicted molar refractivity (Wildman–Crippen MR) is 102 cm³/mol. The maximum absolute atomic E-state index is 10.9. The average Bonchev–Trinajstić information content (AvgIpc) is 2.60. The number of aliphatic hydroxyl groups excluding tert-OH is 1. The molecule has 0 aliphatic carbocycles. The molecule has 0 bridgehead atoms. The van der Waals surface area contributed by atoms with Crippen molar-refractivity contribution in [1.29, 1.82) is 0 Å². The number of hydrogen-bond donors (Lipinski definition) is 1. The number of hydrogen-bond acceptors (Lipinski definition) is 3. The fraction of sp³-hybridized carbons (Fsp3) is 0.762. The minimum Gasteiger partial charge on any atom is -0.469 e. The van der Waals surface area contributed by atoms with Gasteiger partial charge in [-0.2, -0.15) is 0 Å². The number of methoxy groups -OCH3 is 1. The molecule has 0 amide bonds. The minimum absolute atomic E-state index is 0.111. The van der Waals surface area contributed by atoms with E-state index in [1.807, 2.05) is 0 Å². The van der Waals surface area contributed by atoms with Gasteiger partial charge in [0.05, 0.1) is 7.11 Å². The Labute approximate surface area is 149 Å². The maximum Gasteiger partial charge on any atom is 0.305 e. The van der Waals surface area contributed by atoms with Crippen LogP contribution in [0.15, 0.2) is 24.3 Å². The summed E-state index contributed by atoms with van der Waals surface area (Å²) in [4.78, 5) is 10.9. The van der Waals surface area contributed by atoms with Gasteiger partial charge >= 0.3 is 5.97 Å². The van der Waals surface area contributed by atoms with Crippen LogP contribution < -0.4 is 0 Å². The molecular formula is C21H38O3. The lowest BCUT2D eigenvalue weighted by Crippen LogP contribution is -1.98. The van der Waals surface area contributed by atoms with Crippen LogP contribution >= 0.6 is 0 Å². The van der Waals surface area contributed by atoms with Crippen LogP contribution in [-0.2, 0) is 9.53 Å². The lowest BCUT2D eigenvalue weighted by Gasteiger charge is -1.99. The lowest BCUT2D eigenvalue weighted by molar-refractivity contribution is -0.140. The Morgan fingerprint density at radius 1 is 0.708 bits per heavy atom. The van der Waals surface area contributed by atoms with Crippen LogP contribution in [0.5, 0.6) is 0 Å². The fourth-order valence-corrected chi connectivity index (χ4v) is 2.54. The van der Waals surface area contributed by atoms with Crippen molar-refractivity contribution in [3.8, 4) is 0 Å². The first kappa shape index (κ1) is 22.9. The van der Waals surface area contributed by atoms with Crippen LogP contribution in [0, 0.1) is 0 Å². The number of carbonyl (C=O) groups is 1. The number of ether oxygens (including phenoxy) is 1. The van der Waals surface area contributed by atoms with Crippen molar-refractivity contribution < 1.29 is 14.6 Å². The highest BCUT2D eigenvalue weighted by Gasteiger charge is 1.96. The molecule has 0 aromatic carbocycles. The molecule has 0 radical (unpaired) electrons. The van der Waals surface area contributed by atoms with Crippen molar-refractivity contribution in [2.45, 2.75) is 89.9 Å². The molecule has 0 atom stereocenters. The van der Waals surface area contributed by atoms with E-state index in [0.717, 1.165) is 38.5 Å². The Bertz CT molecular complexity index is 321. The quantitative estimate of drug-likeness (QED) is 0.209. The van der Waals surface area contributed by atoms with Crippen molar-refractivity contribution in [3.63, 3.8) is 0 Å². The van der Waals surface area contributed by atoms with E-state index >= 15 is 0 Å². The van der Waals surface area contributed by atoms with Gasteiger partial charge in [0.15, 0.2) is 0 Å². The summed E-state index contributed by atoms with van der Waals surface area (Å²) in [5, 5.41) is 8.68. The standard InChI is InChI=1S/C21H38O3/c1-24-21(23)19-17-15-13-11-9-7-5-3-2-4-6-8-10-12-14-16-18-20-22/h8,10-11,13,22H,2-7,9,12,14-20H2,1H3/b10-8-,13-11-. The zero-order valence-electron chi connectivity index (χ0n) is 15.7. The maximum atomic E-state index is 10.9. The number of unbranched alkanes of at least 4 members (excludes halogenated alkanes) is 10. The molecule has 0 unspecified atom stereocenters. The smallest absolute Gasteiger partial charge is 0.305 e. The van der Waals surface area contributed by atoms with Gasteiger partial charge in [-0.25, -0.2) is 0 Å². The van der Waals surface area contributed by atoms with Crippen LogP contribution in [-0.4, -0.2) is 24.8 Å². The molecule has 3 heteroatoms. The van der Waals surface area contributed by atoms with Gasteiger partial charge in [-0.1, -0.05) is 50.0 Å². The number of carbonyl (C=O) groups excluding carboxylic acids is 1. The van der Waals surface area contributed by atoms with Crippen molar-refractivity contribution in [3.05, 3.63) is 24.3 Å². The molecule has 0 heterocycles.